The minimum atomic E-state index is -0.651. The van der Waals surface area contributed by atoms with Crippen molar-refractivity contribution in [2.24, 2.45) is 0 Å². The molecule has 168 valence electrons. The molecule has 1 aliphatic rings. The highest BCUT2D eigenvalue weighted by molar-refractivity contribution is 7.17. The second-order valence-corrected chi connectivity index (χ2v) is 9.10. The molecule has 4 rings (SSSR count). The summed E-state index contributed by atoms with van der Waals surface area (Å²) in [4.78, 5) is 53.3. The molecule has 0 spiro atoms. The number of benzene rings is 1. The van der Waals surface area contributed by atoms with Crippen LogP contribution in [0.5, 0.6) is 0 Å². The number of rotatable bonds is 5. The number of likely N-dealkylation sites (tertiary alicyclic amines) is 1. The van der Waals surface area contributed by atoms with Crippen molar-refractivity contribution >= 4 is 39.1 Å². The van der Waals surface area contributed by atoms with Gasteiger partial charge in [0.15, 0.2) is 0 Å². The molecule has 0 bridgehead atoms. The minimum Gasteiger partial charge on any atom is -0.341 e. The van der Waals surface area contributed by atoms with E-state index in [1.807, 2.05) is 26.0 Å². The molecule has 32 heavy (non-hydrogen) atoms. The molecular formula is C23H26N4O4S. The Balaban J connectivity index is 1.63. The molecule has 0 saturated carbocycles. The molecular weight excluding hydrogens is 428 g/mol. The molecule has 2 amide bonds. The van der Waals surface area contributed by atoms with Gasteiger partial charge in [-0.05, 0) is 67.8 Å². The van der Waals surface area contributed by atoms with E-state index in [-0.39, 0.29) is 24.9 Å². The topological polar surface area (TPSA) is 93.4 Å². The van der Waals surface area contributed by atoms with Crippen LogP contribution in [0.3, 0.4) is 0 Å². The molecule has 0 aliphatic carbocycles. The normalized spacial score (nSPS) is 14.0. The summed E-state index contributed by atoms with van der Waals surface area (Å²) in [5, 5.41) is 4.52. The van der Waals surface area contributed by atoms with Crippen LogP contribution in [-0.2, 0) is 22.7 Å². The first kappa shape index (κ1) is 22.0. The lowest BCUT2D eigenvalue weighted by molar-refractivity contribution is -0.132. The summed E-state index contributed by atoms with van der Waals surface area (Å²) in [7, 11) is 0. The van der Waals surface area contributed by atoms with Crippen LogP contribution in [0.15, 0.2) is 39.2 Å². The Morgan fingerprint density at radius 3 is 2.44 bits per heavy atom. The van der Waals surface area contributed by atoms with E-state index in [1.54, 1.807) is 22.4 Å². The van der Waals surface area contributed by atoms with Gasteiger partial charge in [-0.1, -0.05) is 6.07 Å². The third-order valence-electron chi connectivity index (χ3n) is 5.93. The van der Waals surface area contributed by atoms with Crippen molar-refractivity contribution < 1.29 is 9.59 Å². The Morgan fingerprint density at radius 2 is 1.72 bits per heavy atom. The van der Waals surface area contributed by atoms with Gasteiger partial charge in [0.2, 0.25) is 11.8 Å². The fraction of sp³-hybridized carbons (Fsp3) is 0.391. The summed E-state index contributed by atoms with van der Waals surface area (Å²) in [6.07, 6.45) is 2.92. The Morgan fingerprint density at radius 1 is 0.969 bits per heavy atom. The smallest absolute Gasteiger partial charge is 0.332 e. The molecule has 1 aliphatic heterocycles. The summed E-state index contributed by atoms with van der Waals surface area (Å²) < 4.78 is 2.58. The highest BCUT2D eigenvalue weighted by atomic mass is 32.1. The van der Waals surface area contributed by atoms with Crippen molar-refractivity contribution in [1.82, 2.24) is 14.0 Å². The van der Waals surface area contributed by atoms with Crippen LogP contribution in [0.1, 0.15) is 30.4 Å². The van der Waals surface area contributed by atoms with Crippen LogP contribution in [0.2, 0.25) is 0 Å². The maximum absolute atomic E-state index is 13.2. The average Bonchev–Trinajstić information content (AvgIpc) is 3.27. The van der Waals surface area contributed by atoms with Gasteiger partial charge in [-0.25, -0.2) is 9.36 Å². The number of hydrogen-bond acceptors (Lipinski definition) is 5. The molecule has 3 aromatic rings. The fourth-order valence-electron chi connectivity index (χ4n) is 3.97. The van der Waals surface area contributed by atoms with Gasteiger partial charge in [0, 0.05) is 18.8 Å². The first-order valence-corrected chi connectivity index (χ1v) is 11.6. The molecule has 1 aromatic carbocycles. The fourth-order valence-corrected chi connectivity index (χ4v) is 4.81. The Labute approximate surface area is 189 Å². The van der Waals surface area contributed by atoms with Gasteiger partial charge in [0.05, 0.1) is 5.52 Å². The number of aromatic nitrogens is 2. The van der Waals surface area contributed by atoms with E-state index in [0.717, 1.165) is 35.0 Å². The summed E-state index contributed by atoms with van der Waals surface area (Å²) in [6, 6.07) is 7.25. The summed E-state index contributed by atoms with van der Waals surface area (Å²) >= 11 is 1.20. The molecule has 1 fully saturated rings. The number of nitrogens with zero attached hydrogens (tertiary/aromatic N) is 3. The Bertz CT molecular complexity index is 1300. The molecule has 0 atom stereocenters. The van der Waals surface area contributed by atoms with Crippen LogP contribution in [0.25, 0.3) is 10.2 Å². The second-order valence-electron chi connectivity index (χ2n) is 8.18. The number of amides is 2. The summed E-state index contributed by atoms with van der Waals surface area (Å²) in [6.45, 7) is 4.66. The van der Waals surface area contributed by atoms with E-state index in [1.165, 1.54) is 15.9 Å². The standard InChI is InChI=1S/C23H26N4O4S/c1-15-6-7-17(12-16(15)2)24-19(28)13-26-18-8-11-32-21(18)22(30)27(23(26)31)14-20(29)25-9-4-3-5-10-25/h6-8,11-12H,3-5,9-10,13-14H2,1-2H3,(H,24,28). The van der Waals surface area contributed by atoms with E-state index in [0.29, 0.717) is 29.0 Å². The minimum absolute atomic E-state index is 0.245. The van der Waals surface area contributed by atoms with Crippen LogP contribution >= 0.6 is 11.3 Å². The van der Waals surface area contributed by atoms with Crippen molar-refractivity contribution in [3.05, 3.63) is 61.6 Å². The van der Waals surface area contributed by atoms with E-state index >= 15 is 0 Å². The third kappa shape index (κ3) is 4.38. The van der Waals surface area contributed by atoms with Crippen LogP contribution in [-0.4, -0.2) is 38.9 Å². The molecule has 1 N–H and O–H groups in total. The largest absolute Gasteiger partial charge is 0.341 e. The first-order valence-electron chi connectivity index (χ1n) is 10.7. The predicted molar refractivity (Wildman–Crippen MR) is 125 cm³/mol. The van der Waals surface area contributed by atoms with Gasteiger partial charge in [0.1, 0.15) is 17.8 Å². The molecule has 1 saturated heterocycles. The summed E-state index contributed by atoms with van der Waals surface area (Å²) in [5.41, 5.74) is 2.07. The molecule has 8 nitrogen and oxygen atoms in total. The van der Waals surface area contributed by atoms with Gasteiger partial charge in [-0.15, -0.1) is 11.3 Å². The van der Waals surface area contributed by atoms with Crippen LogP contribution in [0.4, 0.5) is 5.69 Å². The van der Waals surface area contributed by atoms with Crippen LogP contribution in [0, 0.1) is 13.8 Å². The first-order chi connectivity index (χ1) is 15.3. The highest BCUT2D eigenvalue weighted by Crippen LogP contribution is 2.17. The van der Waals surface area contributed by atoms with E-state index in [4.69, 9.17) is 0 Å². The number of carbonyl (C=O) groups is 2. The van der Waals surface area contributed by atoms with Crippen molar-refractivity contribution in [3.8, 4) is 0 Å². The van der Waals surface area contributed by atoms with Crippen LogP contribution < -0.4 is 16.6 Å². The Hall–Kier alpha value is -3.20. The number of carbonyl (C=O) groups excluding carboxylic acids is 2. The number of aryl methyl sites for hydroxylation is 2. The quantitative estimate of drug-likeness (QED) is 0.641. The number of anilines is 1. The van der Waals surface area contributed by atoms with Gasteiger partial charge in [-0.3, -0.25) is 19.0 Å². The van der Waals surface area contributed by atoms with Crippen molar-refractivity contribution in [2.75, 3.05) is 18.4 Å². The number of thiophene rings is 1. The maximum Gasteiger partial charge on any atom is 0.332 e. The van der Waals surface area contributed by atoms with Gasteiger partial charge < -0.3 is 10.2 Å². The highest BCUT2D eigenvalue weighted by Gasteiger charge is 2.22. The predicted octanol–water partition coefficient (Wildman–Crippen LogP) is 2.49. The molecule has 2 aromatic heterocycles. The molecule has 3 heterocycles. The zero-order chi connectivity index (χ0) is 22.8. The van der Waals surface area contributed by atoms with Crippen molar-refractivity contribution in [2.45, 2.75) is 46.2 Å². The lowest BCUT2D eigenvalue weighted by Gasteiger charge is -2.26. The van der Waals surface area contributed by atoms with Gasteiger partial charge in [0.25, 0.3) is 5.56 Å². The van der Waals surface area contributed by atoms with E-state index in [9.17, 15) is 19.2 Å². The molecule has 0 unspecified atom stereocenters. The van der Waals surface area contributed by atoms with E-state index in [2.05, 4.69) is 5.32 Å². The van der Waals surface area contributed by atoms with Gasteiger partial charge in [-0.2, -0.15) is 0 Å². The average molecular weight is 455 g/mol. The number of fused-ring (bicyclic) bond motifs is 1. The zero-order valence-corrected chi connectivity index (χ0v) is 19.0. The van der Waals surface area contributed by atoms with Gasteiger partial charge >= 0.3 is 5.69 Å². The van der Waals surface area contributed by atoms with Crippen molar-refractivity contribution in [1.29, 1.82) is 0 Å². The zero-order valence-electron chi connectivity index (χ0n) is 18.2. The lowest BCUT2D eigenvalue weighted by atomic mass is 10.1. The molecule has 9 heteroatoms. The Kier molecular flexibility index (Phi) is 6.27. The number of hydrogen-bond donors (Lipinski definition) is 1. The maximum atomic E-state index is 13.2. The summed E-state index contributed by atoms with van der Waals surface area (Å²) in [5.74, 6) is -0.624. The van der Waals surface area contributed by atoms with Crippen molar-refractivity contribution in [3.63, 3.8) is 0 Å². The lowest BCUT2D eigenvalue weighted by Crippen LogP contribution is -2.46. The van der Waals surface area contributed by atoms with E-state index < -0.39 is 11.2 Å². The number of piperidine rings is 1. The monoisotopic (exact) mass is 454 g/mol. The third-order valence-corrected chi connectivity index (χ3v) is 6.82. The number of nitrogens with one attached hydrogen (secondary N) is 1. The SMILES string of the molecule is Cc1ccc(NC(=O)Cn2c(=O)n(CC(=O)N3CCCCC3)c(=O)c3sccc32)cc1C. The molecule has 0 radical (unpaired) electrons. The second kappa shape index (κ2) is 9.12.